The summed E-state index contributed by atoms with van der Waals surface area (Å²) < 4.78 is 2.05. The first kappa shape index (κ1) is 15.8. The molecule has 23 heavy (non-hydrogen) atoms. The third kappa shape index (κ3) is 3.63. The molecule has 0 fully saturated rings. The van der Waals surface area contributed by atoms with Crippen LogP contribution in [0.4, 0.5) is 0 Å². The quantitative estimate of drug-likeness (QED) is 0.723. The van der Waals surface area contributed by atoms with E-state index in [0.717, 1.165) is 22.4 Å². The second kappa shape index (κ2) is 6.98. The molecule has 1 heterocycles. The summed E-state index contributed by atoms with van der Waals surface area (Å²) in [4.78, 5) is 0. The molecule has 0 aliphatic rings. The number of nitrogens with zero attached hydrogens (tertiary/aromatic N) is 3. The third-order valence-electron chi connectivity index (χ3n) is 3.57. The molecule has 3 rings (SSSR count). The second-order valence-corrected chi connectivity index (χ2v) is 6.52. The maximum Gasteiger partial charge on any atom is 0.196 e. The smallest absolute Gasteiger partial charge is 0.196 e. The summed E-state index contributed by atoms with van der Waals surface area (Å²) in [5.41, 5.74) is 9.60. The van der Waals surface area contributed by atoms with E-state index < -0.39 is 0 Å². The van der Waals surface area contributed by atoms with Crippen LogP contribution >= 0.6 is 11.8 Å². The van der Waals surface area contributed by atoms with Gasteiger partial charge in [-0.1, -0.05) is 59.8 Å². The average molecular weight is 324 g/mol. The van der Waals surface area contributed by atoms with Crippen LogP contribution in [0, 0.1) is 6.92 Å². The van der Waals surface area contributed by atoms with Crippen LogP contribution in [0.15, 0.2) is 59.8 Å². The molecule has 0 amide bonds. The normalized spacial score (nSPS) is 12.3. The molecule has 5 heteroatoms. The monoisotopic (exact) mass is 324 g/mol. The van der Waals surface area contributed by atoms with E-state index in [9.17, 15) is 0 Å². The first-order chi connectivity index (χ1) is 11.1. The average Bonchev–Trinajstić information content (AvgIpc) is 2.99. The molecule has 3 aromatic rings. The van der Waals surface area contributed by atoms with Crippen LogP contribution in [-0.2, 0) is 5.75 Å². The van der Waals surface area contributed by atoms with Crippen LogP contribution in [0.5, 0.6) is 0 Å². The van der Waals surface area contributed by atoms with Gasteiger partial charge >= 0.3 is 0 Å². The minimum atomic E-state index is -0.171. The molecular formula is C18H20N4S. The van der Waals surface area contributed by atoms with Gasteiger partial charge in [0.2, 0.25) is 0 Å². The highest BCUT2D eigenvalue weighted by atomic mass is 32.2. The highest BCUT2D eigenvalue weighted by molar-refractivity contribution is 7.98. The Labute approximate surface area is 140 Å². The number of nitrogens with two attached hydrogens (primary N) is 1. The van der Waals surface area contributed by atoms with Gasteiger partial charge in [-0.05, 0) is 31.5 Å². The topological polar surface area (TPSA) is 56.7 Å². The number of thioether (sulfide) groups is 1. The summed E-state index contributed by atoms with van der Waals surface area (Å²) in [5, 5.41) is 9.51. The van der Waals surface area contributed by atoms with Crippen molar-refractivity contribution in [3.05, 3.63) is 71.5 Å². The molecule has 2 N–H and O–H groups in total. The lowest BCUT2D eigenvalue weighted by Crippen LogP contribution is -2.13. The van der Waals surface area contributed by atoms with Crippen molar-refractivity contribution in [2.24, 2.45) is 5.73 Å². The Morgan fingerprint density at radius 1 is 1.04 bits per heavy atom. The maximum absolute atomic E-state index is 6.07. The van der Waals surface area contributed by atoms with Gasteiger partial charge in [0.1, 0.15) is 0 Å². The van der Waals surface area contributed by atoms with Crippen molar-refractivity contribution in [1.82, 2.24) is 14.8 Å². The predicted octanol–water partition coefficient (Wildman–Crippen LogP) is 3.89. The van der Waals surface area contributed by atoms with Crippen LogP contribution in [0.2, 0.25) is 0 Å². The van der Waals surface area contributed by atoms with Crippen molar-refractivity contribution in [2.45, 2.75) is 30.8 Å². The van der Waals surface area contributed by atoms with Crippen LogP contribution in [-0.4, -0.2) is 14.8 Å². The third-order valence-corrected chi connectivity index (χ3v) is 4.57. The molecule has 0 aliphatic heterocycles. The van der Waals surface area contributed by atoms with Crippen LogP contribution in [0.3, 0.4) is 0 Å². The molecule has 2 aromatic carbocycles. The summed E-state index contributed by atoms with van der Waals surface area (Å²) >= 11 is 1.67. The molecule has 0 bridgehead atoms. The van der Waals surface area contributed by atoms with Crippen molar-refractivity contribution in [3.63, 3.8) is 0 Å². The van der Waals surface area contributed by atoms with Crippen LogP contribution in [0.25, 0.3) is 5.69 Å². The number of aromatic nitrogens is 3. The summed E-state index contributed by atoms with van der Waals surface area (Å²) in [6, 6.07) is 18.5. The Morgan fingerprint density at radius 3 is 2.39 bits per heavy atom. The van der Waals surface area contributed by atoms with Crippen molar-refractivity contribution >= 4 is 11.8 Å². The molecule has 1 aromatic heterocycles. The van der Waals surface area contributed by atoms with E-state index in [4.69, 9.17) is 5.73 Å². The van der Waals surface area contributed by atoms with Gasteiger partial charge in [-0.25, -0.2) is 0 Å². The molecule has 0 aliphatic carbocycles. The van der Waals surface area contributed by atoms with Gasteiger partial charge in [-0.15, -0.1) is 10.2 Å². The Hall–Kier alpha value is -2.11. The largest absolute Gasteiger partial charge is 0.322 e. The van der Waals surface area contributed by atoms with Crippen molar-refractivity contribution in [1.29, 1.82) is 0 Å². The van der Waals surface area contributed by atoms with Crippen molar-refractivity contribution in [2.75, 3.05) is 0 Å². The lowest BCUT2D eigenvalue weighted by Gasteiger charge is -2.12. The lowest BCUT2D eigenvalue weighted by atomic mass is 10.2. The van der Waals surface area contributed by atoms with E-state index in [1.165, 1.54) is 11.1 Å². The van der Waals surface area contributed by atoms with Gasteiger partial charge in [0.15, 0.2) is 11.0 Å². The number of rotatable bonds is 5. The molecular weight excluding hydrogens is 304 g/mol. The first-order valence-corrected chi connectivity index (χ1v) is 8.58. The minimum absolute atomic E-state index is 0.171. The predicted molar refractivity (Wildman–Crippen MR) is 94.7 cm³/mol. The van der Waals surface area contributed by atoms with Crippen molar-refractivity contribution in [3.8, 4) is 5.69 Å². The zero-order chi connectivity index (χ0) is 16.2. The van der Waals surface area contributed by atoms with E-state index in [0.29, 0.717) is 0 Å². The fourth-order valence-electron chi connectivity index (χ4n) is 2.33. The Balaban J connectivity index is 1.92. The summed E-state index contributed by atoms with van der Waals surface area (Å²) in [6.07, 6.45) is 0. The van der Waals surface area contributed by atoms with Gasteiger partial charge in [0.25, 0.3) is 0 Å². The molecule has 0 spiro atoms. The summed E-state index contributed by atoms with van der Waals surface area (Å²) in [5.74, 6) is 1.63. The molecule has 0 saturated heterocycles. The molecule has 1 atom stereocenters. The van der Waals surface area contributed by atoms with Gasteiger partial charge in [0.05, 0.1) is 6.04 Å². The molecule has 1 unspecified atom stereocenters. The fraction of sp³-hybridized carbons (Fsp3) is 0.222. The van der Waals surface area contributed by atoms with E-state index in [2.05, 4.69) is 58.1 Å². The van der Waals surface area contributed by atoms with Gasteiger partial charge in [-0.2, -0.15) is 0 Å². The second-order valence-electron chi connectivity index (χ2n) is 5.57. The maximum atomic E-state index is 6.07. The zero-order valence-corrected chi connectivity index (χ0v) is 14.1. The standard InChI is InChI=1S/C18H20N4S/c1-13-8-10-16(11-9-13)22-17(14(2)19)20-21-18(22)23-12-15-6-4-3-5-7-15/h3-11,14H,12,19H2,1-2H3. The fourth-order valence-corrected chi connectivity index (χ4v) is 3.24. The number of hydrogen-bond acceptors (Lipinski definition) is 4. The van der Waals surface area contributed by atoms with Gasteiger partial charge in [0, 0.05) is 11.4 Å². The molecule has 0 radical (unpaired) electrons. The Bertz CT molecular complexity index is 763. The van der Waals surface area contributed by atoms with E-state index in [1.54, 1.807) is 11.8 Å². The summed E-state index contributed by atoms with van der Waals surface area (Å²) in [7, 11) is 0. The number of hydrogen-bond donors (Lipinski definition) is 1. The van der Waals surface area contributed by atoms with Crippen LogP contribution < -0.4 is 5.73 Å². The van der Waals surface area contributed by atoms with Crippen molar-refractivity contribution < 1.29 is 0 Å². The molecule has 118 valence electrons. The van der Waals surface area contributed by atoms with Crippen LogP contribution in [0.1, 0.15) is 29.9 Å². The van der Waals surface area contributed by atoms with Gasteiger partial charge in [-0.3, -0.25) is 4.57 Å². The van der Waals surface area contributed by atoms with E-state index in [1.807, 2.05) is 25.1 Å². The molecule has 4 nitrogen and oxygen atoms in total. The highest BCUT2D eigenvalue weighted by Crippen LogP contribution is 2.27. The van der Waals surface area contributed by atoms with Gasteiger partial charge < -0.3 is 5.73 Å². The van der Waals surface area contributed by atoms with E-state index >= 15 is 0 Å². The SMILES string of the molecule is Cc1ccc(-n2c(SCc3ccccc3)nnc2C(C)N)cc1. The Kier molecular flexibility index (Phi) is 4.79. The molecule has 0 saturated carbocycles. The first-order valence-electron chi connectivity index (χ1n) is 7.60. The number of aryl methyl sites for hydroxylation is 1. The highest BCUT2D eigenvalue weighted by Gasteiger charge is 2.17. The lowest BCUT2D eigenvalue weighted by molar-refractivity contribution is 0.704. The summed E-state index contributed by atoms with van der Waals surface area (Å²) in [6.45, 7) is 4.01. The van der Waals surface area contributed by atoms with E-state index in [-0.39, 0.29) is 6.04 Å². The Morgan fingerprint density at radius 2 is 1.74 bits per heavy atom. The zero-order valence-electron chi connectivity index (χ0n) is 13.3. The minimum Gasteiger partial charge on any atom is -0.322 e. The number of benzene rings is 2.